The van der Waals surface area contributed by atoms with Crippen molar-refractivity contribution in [3.05, 3.63) is 0 Å². The zero-order chi connectivity index (χ0) is 21.1. The van der Waals surface area contributed by atoms with Crippen LogP contribution in [0.2, 0.25) is 0 Å². The predicted molar refractivity (Wildman–Crippen MR) is 96.4 cm³/mol. The van der Waals surface area contributed by atoms with Gasteiger partial charge >= 0.3 is 5.97 Å². The number of amides is 4. The number of carbonyl (C=O) groups is 5. The number of thiol groups is 1. The molecule has 27 heavy (non-hydrogen) atoms. The Hall–Kier alpha value is -2.38. The number of aliphatic hydroxyl groups is 1. The van der Waals surface area contributed by atoms with Gasteiger partial charge in [0.05, 0.1) is 12.6 Å². The molecular weight excluding hydrogens is 382 g/mol. The minimum absolute atomic E-state index is 0.00250. The molecule has 0 aromatic heterocycles. The average molecular weight is 407 g/mol. The van der Waals surface area contributed by atoms with Gasteiger partial charge in [-0.2, -0.15) is 12.6 Å². The number of rotatable bonds is 12. The van der Waals surface area contributed by atoms with Gasteiger partial charge in [-0.15, -0.1) is 0 Å². The Morgan fingerprint density at radius 1 is 1.00 bits per heavy atom. The van der Waals surface area contributed by atoms with Crippen LogP contribution in [0.15, 0.2) is 0 Å². The molecule has 154 valence electrons. The largest absolute Gasteiger partial charge is 0.480 e. The molecule has 0 heterocycles. The second kappa shape index (κ2) is 12.1. The molecule has 0 aliphatic rings. The van der Waals surface area contributed by atoms with Crippen molar-refractivity contribution < 1.29 is 34.2 Å². The zero-order valence-corrected chi connectivity index (χ0v) is 15.6. The molecule has 0 rings (SSSR count). The molecule has 4 amide bonds. The number of carbonyl (C=O) groups excluding carboxylic acids is 4. The Bertz CT molecular complexity index is 574. The average Bonchev–Trinajstić information content (AvgIpc) is 2.60. The first kappa shape index (κ1) is 24.6. The lowest BCUT2D eigenvalue weighted by molar-refractivity contribution is -0.142. The molecule has 0 aliphatic carbocycles. The number of nitrogens with one attached hydrogen (secondary N) is 3. The molecule has 0 aromatic carbocycles. The van der Waals surface area contributed by atoms with Crippen molar-refractivity contribution in [3.8, 4) is 0 Å². The minimum atomic E-state index is -1.43. The second-order valence-electron chi connectivity index (χ2n) is 5.67. The van der Waals surface area contributed by atoms with E-state index >= 15 is 0 Å². The fourth-order valence-electron chi connectivity index (χ4n) is 1.76. The van der Waals surface area contributed by atoms with Gasteiger partial charge in [0, 0.05) is 12.2 Å². The first-order valence-corrected chi connectivity index (χ1v) is 8.56. The van der Waals surface area contributed by atoms with E-state index in [1.165, 1.54) is 6.92 Å². The monoisotopic (exact) mass is 407 g/mol. The van der Waals surface area contributed by atoms with E-state index < -0.39 is 60.4 Å². The highest BCUT2D eigenvalue weighted by Crippen LogP contribution is 1.96. The summed E-state index contributed by atoms with van der Waals surface area (Å²) in [6, 6.07) is -4.90. The summed E-state index contributed by atoms with van der Waals surface area (Å²) in [5.74, 6) is -4.58. The molecule has 4 unspecified atom stereocenters. The quantitative estimate of drug-likeness (QED) is 0.149. The van der Waals surface area contributed by atoms with Crippen LogP contribution in [-0.2, 0) is 24.0 Å². The Balaban J connectivity index is 4.68. The first-order valence-electron chi connectivity index (χ1n) is 7.93. The van der Waals surface area contributed by atoms with Crippen molar-refractivity contribution >= 4 is 42.2 Å². The van der Waals surface area contributed by atoms with Crippen molar-refractivity contribution in [1.29, 1.82) is 0 Å². The van der Waals surface area contributed by atoms with Gasteiger partial charge in [-0.05, 0) is 13.3 Å². The molecule has 0 saturated heterocycles. The minimum Gasteiger partial charge on any atom is -0.480 e. The van der Waals surface area contributed by atoms with Gasteiger partial charge in [-0.25, -0.2) is 4.79 Å². The van der Waals surface area contributed by atoms with E-state index in [4.69, 9.17) is 16.6 Å². The fourth-order valence-corrected chi connectivity index (χ4v) is 2.01. The van der Waals surface area contributed by atoms with Crippen LogP contribution in [0.25, 0.3) is 0 Å². The number of hydrogen-bond acceptors (Lipinski definition) is 8. The molecule has 12 nitrogen and oxygen atoms in total. The Kier molecular flexibility index (Phi) is 11.0. The van der Waals surface area contributed by atoms with Gasteiger partial charge in [0.1, 0.15) is 18.1 Å². The molecular formula is C14H25N5O7S. The number of carboxylic acid groups (broad SMARTS) is 1. The highest BCUT2D eigenvalue weighted by molar-refractivity contribution is 7.80. The standard InChI is InChI=1S/C14H25N5O7S/c1-6(17-12(23)7(15)2-3-10(16)21)11(22)18-8(4-20)13(24)19-9(5-27)14(25)26/h6-9,20,27H,2-5,15H2,1H3,(H2,16,21)(H,17,23)(H,18,22)(H,19,24)(H,25,26). The van der Waals surface area contributed by atoms with Crippen molar-refractivity contribution in [2.75, 3.05) is 12.4 Å². The zero-order valence-electron chi connectivity index (χ0n) is 14.7. The molecule has 0 spiro atoms. The molecule has 4 atom stereocenters. The van der Waals surface area contributed by atoms with Crippen molar-refractivity contribution in [3.63, 3.8) is 0 Å². The topological polar surface area (TPSA) is 214 Å². The Morgan fingerprint density at radius 3 is 2.00 bits per heavy atom. The summed E-state index contributed by atoms with van der Waals surface area (Å²) < 4.78 is 0. The summed E-state index contributed by atoms with van der Waals surface area (Å²) >= 11 is 3.78. The number of carboxylic acids is 1. The van der Waals surface area contributed by atoms with Gasteiger partial charge in [0.25, 0.3) is 0 Å². The molecule has 0 aliphatic heterocycles. The maximum absolute atomic E-state index is 12.1. The fraction of sp³-hybridized carbons (Fsp3) is 0.643. The maximum atomic E-state index is 12.1. The highest BCUT2D eigenvalue weighted by Gasteiger charge is 2.27. The van der Waals surface area contributed by atoms with Crippen LogP contribution >= 0.6 is 12.6 Å². The number of hydrogen-bond donors (Lipinski definition) is 8. The lowest BCUT2D eigenvalue weighted by Gasteiger charge is -2.22. The van der Waals surface area contributed by atoms with E-state index in [-0.39, 0.29) is 18.6 Å². The number of nitrogens with two attached hydrogens (primary N) is 2. The smallest absolute Gasteiger partial charge is 0.327 e. The van der Waals surface area contributed by atoms with Crippen LogP contribution in [0.5, 0.6) is 0 Å². The third-order valence-corrected chi connectivity index (χ3v) is 3.77. The molecule has 0 saturated carbocycles. The third-order valence-electron chi connectivity index (χ3n) is 3.40. The molecule has 0 aromatic rings. The van der Waals surface area contributed by atoms with Crippen LogP contribution in [0.4, 0.5) is 0 Å². The van der Waals surface area contributed by atoms with Gasteiger partial charge in [-0.1, -0.05) is 0 Å². The number of aliphatic hydroxyl groups excluding tert-OH is 1. The van der Waals surface area contributed by atoms with Gasteiger partial charge in [0.2, 0.25) is 23.6 Å². The summed E-state index contributed by atoms with van der Waals surface area (Å²) in [5.41, 5.74) is 10.5. The summed E-state index contributed by atoms with van der Waals surface area (Å²) in [4.78, 5) is 57.4. The van der Waals surface area contributed by atoms with Crippen molar-refractivity contribution in [2.45, 2.75) is 43.9 Å². The number of aliphatic carboxylic acids is 1. The van der Waals surface area contributed by atoms with E-state index in [2.05, 4.69) is 28.6 Å². The van der Waals surface area contributed by atoms with E-state index in [1.54, 1.807) is 0 Å². The lowest BCUT2D eigenvalue weighted by Crippen LogP contribution is -2.57. The third kappa shape index (κ3) is 9.21. The van der Waals surface area contributed by atoms with Crippen LogP contribution in [-0.4, -0.2) is 76.3 Å². The summed E-state index contributed by atoms with van der Waals surface area (Å²) in [6.07, 6.45) is -0.102. The first-order chi connectivity index (χ1) is 12.5. The summed E-state index contributed by atoms with van der Waals surface area (Å²) in [5, 5.41) is 24.7. The van der Waals surface area contributed by atoms with Crippen LogP contribution < -0.4 is 27.4 Å². The van der Waals surface area contributed by atoms with Crippen LogP contribution in [0.1, 0.15) is 19.8 Å². The van der Waals surface area contributed by atoms with Crippen molar-refractivity contribution in [1.82, 2.24) is 16.0 Å². The molecule has 0 bridgehead atoms. The van der Waals surface area contributed by atoms with E-state index in [0.717, 1.165) is 0 Å². The Labute approximate surface area is 160 Å². The van der Waals surface area contributed by atoms with Gasteiger partial charge in [-0.3, -0.25) is 19.2 Å². The SMILES string of the molecule is CC(NC(=O)C(N)CCC(N)=O)C(=O)NC(CO)C(=O)NC(CS)C(=O)O. The van der Waals surface area contributed by atoms with E-state index in [9.17, 15) is 29.1 Å². The molecule has 0 radical (unpaired) electrons. The molecule has 13 heteroatoms. The highest BCUT2D eigenvalue weighted by atomic mass is 32.1. The summed E-state index contributed by atoms with van der Waals surface area (Å²) in [7, 11) is 0. The van der Waals surface area contributed by atoms with Crippen LogP contribution in [0, 0.1) is 0 Å². The van der Waals surface area contributed by atoms with E-state index in [1.807, 2.05) is 0 Å². The molecule has 0 fully saturated rings. The van der Waals surface area contributed by atoms with Crippen molar-refractivity contribution in [2.24, 2.45) is 11.5 Å². The summed E-state index contributed by atoms with van der Waals surface area (Å²) in [6.45, 7) is 0.517. The van der Waals surface area contributed by atoms with Crippen LogP contribution in [0.3, 0.4) is 0 Å². The predicted octanol–water partition coefficient (Wildman–Crippen LogP) is -3.94. The second-order valence-corrected chi connectivity index (χ2v) is 6.03. The number of primary amides is 1. The Morgan fingerprint density at radius 2 is 1.56 bits per heavy atom. The van der Waals surface area contributed by atoms with Gasteiger partial charge < -0.3 is 37.6 Å². The lowest BCUT2D eigenvalue weighted by atomic mass is 10.1. The van der Waals surface area contributed by atoms with Gasteiger partial charge in [0.15, 0.2) is 0 Å². The normalized spacial score (nSPS) is 15.0. The molecule has 9 N–H and O–H groups in total. The maximum Gasteiger partial charge on any atom is 0.327 e. The van der Waals surface area contributed by atoms with E-state index in [0.29, 0.717) is 0 Å².